The van der Waals surface area contributed by atoms with Crippen molar-refractivity contribution in [3.63, 3.8) is 0 Å². The van der Waals surface area contributed by atoms with Crippen LogP contribution in [0.25, 0.3) is 5.69 Å². The van der Waals surface area contributed by atoms with Crippen molar-refractivity contribution in [3.8, 4) is 5.69 Å². The molecule has 1 aromatic carbocycles. The van der Waals surface area contributed by atoms with E-state index in [0.717, 1.165) is 0 Å². The van der Waals surface area contributed by atoms with Crippen LogP contribution in [0.4, 0.5) is 4.39 Å². The fourth-order valence-corrected chi connectivity index (χ4v) is 1.98. The van der Waals surface area contributed by atoms with Crippen LogP contribution in [0.1, 0.15) is 24.3 Å². The van der Waals surface area contributed by atoms with E-state index < -0.39 is 18.1 Å². The Kier molecular flexibility index (Phi) is 4.49. The van der Waals surface area contributed by atoms with Gasteiger partial charge in [-0.1, -0.05) is 28.4 Å². The molecular weight excluding hydrogens is 318 g/mol. The van der Waals surface area contributed by atoms with E-state index in [1.807, 2.05) is 0 Å². The Balaban J connectivity index is 2.39. The topological polar surface area (TPSA) is 59.8 Å². The Labute approximate surface area is 131 Å². The van der Waals surface area contributed by atoms with E-state index in [2.05, 4.69) is 15.6 Å². The van der Waals surface area contributed by atoms with Gasteiger partial charge in [-0.2, -0.15) is 0 Å². The van der Waals surface area contributed by atoms with Gasteiger partial charge < -0.3 is 5.32 Å². The number of alkyl halides is 1. The first-order chi connectivity index (χ1) is 9.84. The van der Waals surface area contributed by atoms with Gasteiger partial charge in [-0.15, -0.1) is 5.10 Å². The average Bonchev–Trinajstić information content (AvgIpc) is 2.90. The Bertz CT molecular complexity index is 672. The number of carbonyl (C=O) groups excluding carboxylic acids is 1. The van der Waals surface area contributed by atoms with Gasteiger partial charge in [-0.25, -0.2) is 9.07 Å². The summed E-state index contributed by atoms with van der Waals surface area (Å²) in [5.41, 5.74) is -0.421. The maximum absolute atomic E-state index is 12.8. The van der Waals surface area contributed by atoms with E-state index in [-0.39, 0.29) is 5.69 Å². The van der Waals surface area contributed by atoms with Crippen molar-refractivity contribution in [2.45, 2.75) is 19.4 Å². The maximum Gasteiger partial charge on any atom is 0.272 e. The first-order valence-corrected chi connectivity index (χ1v) is 6.84. The zero-order chi connectivity index (χ0) is 15.6. The predicted molar refractivity (Wildman–Crippen MR) is 78.9 cm³/mol. The highest BCUT2D eigenvalue weighted by molar-refractivity contribution is 6.34. The number of amides is 1. The molecule has 1 heterocycles. The molecule has 0 saturated carbocycles. The summed E-state index contributed by atoms with van der Waals surface area (Å²) in [7, 11) is 0. The number of hydrogen-bond acceptors (Lipinski definition) is 3. The monoisotopic (exact) mass is 330 g/mol. The third-order valence-electron chi connectivity index (χ3n) is 2.70. The minimum absolute atomic E-state index is 0.140. The van der Waals surface area contributed by atoms with Crippen LogP contribution in [-0.2, 0) is 0 Å². The van der Waals surface area contributed by atoms with E-state index in [4.69, 9.17) is 23.2 Å². The van der Waals surface area contributed by atoms with Gasteiger partial charge in [0.2, 0.25) is 0 Å². The summed E-state index contributed by atoms with van der Waals surface area (Å²) in [6, 6.07) is 4.78. The summed E-state index contributed by atoms with van der Waals surface area (Å²) in [6.07, 6.45) is 1.28. The molecule has 0 bridgehead atoms. The molecular formula is C13H13Cl2FN4O. The predicted octanol–water partition coefficient (Wildman–Crippen LogP) is 3.05. The van der Waals surface area contributed by atoms with Crippen molar-refractivity contribution in [1.29, 1.82) is 0 Å². The van der Waals surface area contributed by atoms with Crippen LogP contribution < -0.4 is 5.32 Å². The normalized spacial score (nSPS) is 11.5. The molecule has 2 aromatic rings. The summed E-state index contributed by atoms with van der Waals surface area (Å²) >= 11 is 12.0. The van der Waals surface area contributed by atoms with Crippen LogP contribution in [0.3, 0.4) is 0 Å². The van der Waals surface area contributed by atoms with Gasteiger partial charge >= 0.3 is 0 Å². The highest BCUT2D eigenvalue weighted by Gasteiger charge is 2.24. The quantitative estimate of drug-likeness (QED) is 0.937. The molecule has 0 aliphatic carbocycles. The molecule has 5 nitrogen and oxygen atoms in total. The number of carbonyl (C=O) groups is 1. The molecule has 0 atom stereocenters. The summed E-state index contributed by atoms with van der Waals surface area (Å²) in [4.78, 5) is 12.2. The van der Waals surface area contributed by atoms with Crippen molar-refractivity contribution in [3.05, 3.63) is 40.1 Å². The number of hydrogen-bond donors (Lipinski definition) is 1. The van der Waals surface area contributed by atoms with Crippen molar-refractivity contribution in [1.82, 2.24) is 20.3 Å². The third kappa shape index (κ3) is 3.51. The smallest absolute Gasteiger partial charge is 0.272 e. The Morgan fingerprint density at radius 1 is 1.43 bits per heavy atom. The molecule has 1 N–H and O–H groups in total. The Morgan fingerprint density at radius 2 is 2.14 bits per heavy atom. The van der Waals surface area contributed by atoms with E-state index in [1.165, 1.54) is 10.9 Å². The first-order valence-electron chi connectivity index (χ1n) is 6.09. The highest BCUT2D eigenvalue weighted by atomic mass is 35.5. The SMILES string of the molecule is CC(C)(CF)NC(=O)c1cnnn1-c1cc(Cl)ccc1Cl. The van der Waals surface area contributed by atoms with Gasteiger partial charge in [0, 0.05) is 5.02 Å². The van der Waals surface area contributed by atoms with Gasteiger partial charge in [0.15, 0.2) is 5.69 Å². The minimum Gasteiger partial charge on any atom is -0.343 e. The van der Waals surface area contributed by atoms with Crippen molar-refractivity contribution >= 4 is 29.1 Å². The molecule has 0 spiro atoms. The lowest BCUT2D eigenvalue weighted by Gasteiger charge is -2.22. The molecule has 112 valence electrons. The van der Waals surface area contributed by atoms with Crippen LogP contribution in [0, 0.1) is 0 Å². The number of rotatable bonds is 4. The molecule has 0 unspecified atom stereocenters. The lowest BCUT2D eigenvalue weighted by molar-refractivity contribution is 0.0891. The van der Waals surface area contributed by atoms with E-state index in [9.17, 15) is 9.18 Å². The van der Waals surface area contributed by atoms with Crippen LogP contribution in [0.15, 0.2) is 24.4 Å². The van der Waals surface area contributed by atoms with Crippen LogP contribution in [0.2, 0.25) is 10.0 Å². The third-order valence-corrected chi connectivity index (χ3v) is 3.26. The Morgan fingerprint density at radius 3 is 2.81 bits per heavy atom. The molecule has 0 aliphatic heterocycles. The second kappa shape index (κ2) is 5.99. The molecule has 0 radical (unpaired) electrons. The number of nitrogens with zero attached hydrogens (tertiary/aromatic N) is 3. The first kappa shape index (κ1) is 15.7. The number of halogens is 3. The van der Waals surface area contributed by atoms with E-state index >= 15 is 0 Å². The summed E-state index contributed by atoms with van der Waals surface area (Å²) < 4.78 is 14.1. The lowest BCUT2D eigenvalue weighted by Crippen LogP contribution is -2.45. The van der Waals surface area contributed by atoms with Crippen LogP contribution in [0.5, 0.6) is 0 Å². The lowest BCUT2D eigenvalue weighted by atomic mass is 10.1. The zero-order valence-corrected chi connectivity index (χ0v) is 12.9. The van der Waals surface area contributed by atoms with Gasteiger partial charge in [-0.05, 0) is 32.0 Å². The van der Waals surface area contributed by atoms with Gasteiger partial charge in [-0.3, -0.25) is 4.79 Å². The summed E-state index contributed by atoms with van der Waals surface area (Å²) in [6.45, 7) is 2.45. The van der Waals surface area contributed by atoms with E-state index in [0.29, 0.717) is 15.7 Å². The standard InChI is InChI=1S/C13H13Cl2FN4O/c1-13(2,7-16)18-12(21)11-6-17-19-20(11)10-5-8(14)3-4-9(10)15/h3-6H,7H2,1-2H3,(H,18,21). The number of nitrogens with one attached hydrogen (secondary N) is 1. The molecule has 0 aliphatic rings. The van der Waals surface area contributed by atoms with Crippen molar-refractivity contribution in [2.24, 2.45) is 0 Å². The molecule has 21 heavy (non-hydrogen) atoms. The summed E-state index contributed by atoms with van der Waals surface area (Å²) in [5, 5.41) is 10.9. The minimum atomic E-state index is -0.982. The van der Waals surface area contributed by atoms with Crippen molar-refractivity contribution in [2.75, 3.05) is 6.67 Å². The zero-order valence-electron chi connectivity index (χ0n) is 11.4. The van der Waals surface area contributed by atoms with Gasteiger partial charge in [0.25, 0.3) is 5.91 Å². The second-order valence-electron chi connectivity index (χ2n) is 5.10. The fraction of sp³-hybridized carbons (Fsp3) is 0.308. The molecule has 0 saturated heterocycles. The fourth-order valence-electron chi connectivity index (χ4n) is 1.62. The van der Waals surface area contributed by atoms with Crippen LogP contribution in [-0.4, -0.2) is 33.1 Å². The van der Waals surface area contributed by atoms with Gasteiger partial charge in [0.05, 0.1) is 22.4 Å². The van der Waals surface area contributed by atoms with E-state index in [1.54, 1.807) is 32.0 Å². The average molecular weight is 331 g/mol. The Hall–Kier alpha value is -1.66. The summed E-state index contributed by atoms with van der Waals surface area (Å²) in [5.74, 6) is -0.501. The molecule has 2 rings (SSSR count). The highest BCUT2D eigenvalue weighted by Crippen LogP contribution is 2.24. The number of aromatic nitrogens is 3. The largest absolute Gasteiger partial charge is 0.343 e. The molecule has 1 amide bonds. The van der Waals surface area contributed by atoms with Crippen molar-refractivity contribution < 1.29 is 9.18 Å². The maximum atomic E-state index is 12.8. The van der Waals surface area contributed by atoms with Crippen LogP contribution >= 0.6 is 23.2 Å². The molecule has 0 fully saturated rings. The number of benzene rings is 1. The molecule has 8 heteroatoms. The molecule has 1 aromatic heterocycles. The van der Waals surface area contributed by atoms with Gasteiger partial charge in [0.1, 0.15) is 6.67 Å². The second-order valence-corrected chi connectivity index (χ2v) is 5.94.